The number of halogens is 1. The molecule has 2 aliphatic heterocycles. The molecule has 4 heterocycles. The van der Waals surface area contributed by atoms with Crippen LogP contribution in [0.2, 0.25) is 5.15 Å². The quantitative estimate of drug-likeness (QED) is 0.534. The SMILES string of the molecule is COc1cnc(CN2CC(=CC3CCN(C)CC3)C(=O)c3c(Cl)nc(N)nc32)cc1OC. The van der Waals surface area contributed by atoms with Crippen molar-refractivity contribution in [3.05, 3.63) is 40.3 Å². The molecule has 170 valence electrons. The summed E-state index contributed by atoms with van der Waals surface area (Å²) < 4.78 is 10.7. The van der Waals surface area contributed by atoms with Crippen molar-refractivity contribution in [2.75, 3.05) is 51.5 Å². The van der Waals surface area contributed by atoms with Crippen LogP contribution in [0.5, 0.6) is 11.5 Å². The van der Waals surface area contributed by atoms with E-state index in [1.807, 2.05) is 4.90 Å². The fourth-order valence-corrected chi connectivity index (χ4v) is 4.43. The third-order valence-corrected chi connectivity index (χ3v) is 6.20. The second kappa shape index (κ2) is 9.30. The van der Waals surface area contributed by atoms with Crippen LogP contribution in [0.4, 0.5) is 11.8 Å². The highest BCUT2D eigenvalue weighted by molar-refractivity contribution is 6.35. The van der Waals surface area contributed by atoms with Gasteiger partial charge >= 0.3 is 0 Å². The average molecular weight is 459 g/mol. The molecule has 1 fully saturated rings. The van der Waals surface area contributed by atoms with Gasteiger partial charge in [-0.3, -0.25) is 9.78 Å². The first-order valence-electron chi connectivity index (χ1n) is 10.5. The number of pyridine rings is 1. The first kappa shape index (κ1) is 22.3. The lowest BCUT2D eigenvalue weighted by Gasteiger charge is -2.32. The molecular formula is C22H27ClN6O3. The molecule has 0 atom stereocenters. The number of hydrogen-bond acceptors (Lipinski definition) is 9. The Morgan fingerprint density at radius 3 is 2.62 bits per heavy atom. The number of rotatable bonds is 5. The lowest BCUT2D eigenvalue weighted by atomic mass is 9.90. The highest BCUT2D eigenvalue weighted by atomic mass is 35.5. The van der Waals surface area contributed by atoms with Crippen molar-refractivity contribution < 1.29 is 14.3 Å². The first-order valence-corrected chi connectivity index (χ1v) is 10.9. The van der Waals surface area contributed by atoms with Crippen molar-refractivity contribution in [1.29, 1.82) is 0 Å². The summed E-state index contributed by atoms with van der Waals surface area (Å²) in [5, 5.41) is 0.0664. The van der Waals surface area contributed by atoms with Crippen LogP contribution in [0.15, 0.2) is 23.9 Å². The van der Waals surface area contributed by atoms with Gasteiger partial charge in [0.05, 0.1) is 32.7 Å². The molecular weight excluding hydrogens is 432 g/mol. The van der Waals surface area contributed by atoms with E-state index in [1.54, 1.807) is 26.5 Å². The zero-order valence-corrected chi connectivity index (χ0v) is 19.2. The number of allylic oxidation sites excluding steroid dienone is 1. The van der Waals surface area contributed by atoms with Crippen LogP contribution in [0.1, 0.15) is 28.9 Å². The van der Waals surface area contributed by atoms with Gasteiger partial charge in [-0.05, 0) is 38.9 Å². The number of anilines is 2. The molecule has 0 amide bonds. The molecule has 0 spiro atoms. The predicted molar refractivity (Wildman–Crippen MR) is 122 cm³/mol. The van der Waals surface area contributed by atoms with Gasteiger partial charge in [0.15, 0.2) is 17.3 Å². The van der Waals surface area contributed by atoms with Crippen molar-refractivity contribution in [2.45, 2.75) is 19.4 Å². The number of ketones is 1. The number of ether oxygens (including phenoxy) is 2. The van der Waals surface area contributed by atoms with Gasteiger partial charge in [0.25, 0.3) is 0 Å². The van der Waals surface area contributed by atoms with E-state index in [0.717, 1.165) is 31.6 Å². The summed E-state index contributed by atoms with van der Waals surface area (Å²) >= 11 is 6.36. The third kappa shape index (κ3) is 4.49. The van der Waals surface area contributed by atoms with Crippen molar-refractivity contribution in [2.24, 2.45) is 5.92 Å². The van der Waals surface area contributed by atoms with E-state index in [2.05, 4.69) is 33.0 Å². The number of nitrogens with two attached hydrogens (primary N) is 1. The largest absolute Gasteiger partial charge is 0.493 e. The Morgan fingerprint density at radius 1 is 1.22 bits per heavy atom. The van der Waals surface area contributed by atoms with E-state index in [9.17, 15) is 4.79 Å². The van der Waals surface area contributed by atoms with Crippen LogP contribution < -0.4 is 20.1 Å². The lowest BCUT2D eigenvalue weighted by molar-refractivity contribution is 0.102. The molecule has 2 aliphatic rings. The summed E-state index contributed by atoms with van der Waals surface area (Å²) in [6, 6.07) is 1.81. The second-order valence-corrected chi connectivity index (χ2v) is 8.48. The van der Waals surface area contributed by atoms with Crippen LogP contribution in [0, 0.1) is 5.92 Å². The molecule has 10 heteroatoms. The summed E-state index contributed by atoms with van der Waals surface area (Å²) in [6.45, 7) is 2.80. The highest BCUT2D eigenvalue weighted by Crippen LogP contribution is 2.35. The van der Waals surface area contributed by atoms with Crippen molar-refractivity contribution in [3.63, 3.8) is 0 Å². The number of likely N-dealkylation sites (tertiary alicyclic amines) is 1. The molecule has 2 N–H and O–H groups in total. The summed E-state index contributed by atoms with van der Waals surface area (Å²) in [4.78, 5) is 30.4. The molecule has 0 unspecified atom stereocenters. The molecule has 2 aromatic heterocycles. The number of hydrogen-bond donors (Lipinski definition) is 1. The fraction of sp³-hybridized carbons (Fsp3) is 0.455. The van der Waals surface area contributed by atoms with Crippen LogP contribution in [-0.4, -0.2) is 66.5 Å². The first-order chi connectivity index (χ1) is 15.4. The van der Waals surface area contributed by atoms with Gasteiger partial charge in [-0.2, -0.15) is 4.98 Å². The number of methoxy groups -OCH3 is 2. The second-order valence-electron chi connectivity index (χ2n) is 8.12. The standard InChI is InChI=1S/C22H27ClN6O3/c1-28-6-4-13(5-7-28)8-14-11-29(12-15-9-16(31-2)17(32-3)10-25-15)21-18(19(14)30)20(23)26-22(24)27-21/h8-10,13H,4-7,11-12H2,1-3H3,(H2,24,26,27). The van der Waals surface area contributed by atoms with E-state index >= 15 is 0 Å². The van der Waals surface area contributed by atoms with E-state index in [1.165, 1.54) is 0 Å². The zero-order chi connectivity index (χ0) is 22.8. The van der Waals surface area contributed by atoms with Gasteiger partial charge in [-0.1, -0.05) is 17.7 Å². The molecule has 32 heavy (non-hydrogen) atoms. The normalized spacial score (nSPS) is 18.7. The molecule has 0 saturated carbocycles. The monoisotopic (exact) mass is 458 g/mol. The number of Topliss-reactive ketones (excluding diaryl/α,β-unsaturated/α-hetero) is 1. The molecule has 0 radical (unpaired) electrons. The number of carbonyl (C=O) groups excluding carboxylic acids is 1. The Balaban J connectivity index is 1.70. The van der Waals surface area contributed by atoms with Crippen LogP contribution >= 0.6 is 11.6 Å². The summed E-state index contributed by atoms with van der Waals surface area (Å²) in [6.07, 6.45) is 5.74. The van der Waals surface area contributed by atoms with Crippen molar-refractivity contribution >= 4 is 29.2 Å². The maximum atomic E-state index is 13.3. The van der Waals surface area contributed by atoms with Gasteiger partial charge in [-0.15, -0.1) is 0 Å². The third-order valence-electron chi connectivity index (χ3n) is 5.92. The Labute approximate surface area is 192 Å². The maximum Gasteiger partial charge on any atom is 0.223 e. The number of nitrogen functional groups attached to an aromatic ring is 1. The van der Waals surface area contributed by atoms with E-state index in [4.69, 9.17) is 26.8 Å². The molecule has 1 saturated heterocycles. The van der Waals surface area contributed by atoms with Gasteiger partial charge < -0.3 is 25.0 Å². The summed E-state index contributed by atoms with van der Waals surface area (Å²) in [5.74, 6) is 1.77. The zero-order valence-electron chi connectivity index (χ0n) is 18.5. The summed E-state index contributed by atoms with van der Waals surface area (Å²) in [7, 11) is 5.25. The molecule has 9 nitrogen and oxygen atoms in total. The van der Waals surface area contributed by atoms with E-state index in [0.29, 0.717) is 41.9 Å². The minimum Gasteiger partial charge on any atom is -0.493 e. The van der Waals surface area contributed by atoms with E-state index in [-0.39, 0.29) is 22.4 Å². The minimum absolute atomic E-state index is 0.0227. The van der Waals surface area contributed by atoms with Crippen LogP contribution in [-0.2, 0) is 6.54 Å². The molecule has 0 bridgehead atoms. The van der Waals surface area contributed by atoms with Gasteiger partial charge in [0.2, 0.25) is 5.95 Å². The van der Waals surface area contributed by atoms with Gasteiger partial charge in [0.1, 0.15) is 16.5 Å². The summed E-state index contributed by atoms with van der Waals surface area (Å²) in [5.41, 5.74) is 7.56. The maximum absolute atomic E-state index is 13.3. The number of fused-ring (bicyclic) bond motifs is 1. The van der Waals surface area contributed by atoms with Crippen LogP contribution in [0.25, 0.3) is 0 Å². The number of piperidine rings is 1. The smallest absolute Gasteiger partial charge is 0.223 e. The molecule has 4 rings (SSSR count). The minimum atomic E-state index is -0.138. The number of carbonyl (C=O) groups is 1. The van der Waals surface area contributed by atoms with Gasteiger partial charge in [-0.25, -0.2) is 4.98 Å². The van der Waals surface area contributed by atoms with Crippen LogP contribution in [0.3, 0.4) is 0 Å². The Bertz CT molecular complexity index is 1050. The topological polar surface area (TPSA) is 107 Å². The molecule has 0 aliphatic carbocycles. The Morgan fingerprint density at radius 2 is 1.94 bits per heavy atom. The van der Waals surface area contributed by atoms with Crippen molar-refractivity contribution in [3.8, 4) is 11.5 Å². The molecule has 0 aromatic carbocycles. The predicted octanol–water partition coefficient (Wildman–Crippen LogP) is 2.60. The number of aromatic nitrogens is 3. The molecule has 2 aromatic rings. The lowest BCUT2D eigenvalue weighted by Crippen LogP contribution is -2.36. The van der Waals surface area contributed by atoms with E-state index < -0.39 is 0 Å². The number of nitrogens with zero attached hydrogens (tertiary/aromatic N) is 5. The Hall–Kier alpha value is -2.91. The Kier molecular flexibility index (Phi) is 6.48. The van der Waals surface area contributed by atoms with Crippen molar-refractivity contribution in [1.82, 2.24) is 19.9 Å². The average Bonchev–Trinajstić information content (AvgIpc) is 2.77. The van der Waals surface area contributed by atoms with Gasteiger partial charge in [0, 0.05) is 18.2 Å². The highest BCUT2D eigenvalue weighted by Gasteiger charge is 2.33. The fourth-order valence-electron chi connectivity index (χ4n) is 4.17.